The molecule has 1 amide bonds. The fourth-order valence-corrected chi connectivity index (χ4v) is 2.55. The molecule has 1 aromatic rings. The van der Waals surface area contributed by atoms with Gasteiger partial charge in [-0.3, -0.25) is 9.59 Å². The van der Waals surface area contributed by atoms with Crippen LogP contribution in [-0.4, -0.2) is 28.5 Å². The van der Waals surface area contributed by atoms with Gasteiger partial charge in [0.25, 0.3) is 5.91 Å². The summed E-state index contributed by atoms with van der Waals surface area (Å²) in [5.74, 6) is -0.771. The van der Waals surface area contributed by atoms with Gasteiger partial charge in [0.15, 0.2) is 12.1 Å². The molecule has 6 heteroatoms. The van der Waals surface area contributed by atoms with E-state index in [9.17, 15) is 14.7 Å². The molecule has 1 fully saturated rings. The smallest absolute Gasteiger partial charge is 0.311 e. The van der Waals surface area contributed by atoms with Crippen molar-refractivity contribution in [3.8, 4) is 0 Å². The number of carboxylic acids is 1. The van der Waals surface area contributed by atoms with Gasteiger partial charge < -0.3 is 14.8 Å². The third-order valence-electron chi connectivity index (χ3n) is 3.81. The van der Waals surface area contributed by atoms with Crippen LogP contribution in [0.3, 0.4) is 0 Å². The first-order valence-electron chi connectivity index (χ1n) is 6.47. The Labute approximate surface area is 111 Å². The molecule has 1 aliphatic carbocycles. The highest BCUT2D eigenvalue weighted by Crippen LogP contribution is 2.36. The summed E-state index contributed by atoms with van der Waals surface area (Å²) < 4.78 is 4.96. The van der Waals surface area contributed by atoms with E-state index in [-0.39, 0.29) is 18.1 Å². The van der Waals surface area contributed by atoms with Crippen LogP contribution < -0.4 is 5.32 Å². The zero-order chi connectivity index (χ0) is 13.9. The van der Waals surface area contributed by atoms with Gasteiger partial charge in [0.2, 0.25) is 0 Å². The number of nitrogens with one attached hydrogen (secondary N) is 1. The number of aryl methyl sites for hydroxylation is 1. The van der Waals surface area contributed by atoms with Crippen LogP contribution in [0.2, 0.25) is 0 Å². The van der Waals surface area contributed by atoms with E-state index >= 15 is 0 Å². The molecule has 6 nitrogen and oxygen atoms in total. The predicted molar refractivity (Wildman–Crippen MR) is 66.7 cm³/mol. The lowest BCUT2D eigenvalue weighted by atomic mass is 9.74. The second-order valence-corrected chi connectivity index (χ2v) is 5.09. The number of oxazole rings is 1. The second-order valence-electron chi connectivity index (χ2n) is 5.09. The molecule has 1 saturated carbocycles. The maximum absolute atomic E-state index is 11.9. The molecule has 104 valence electrons. The van der Waals surface area contributed by atoms with Gasteiger partial charge >= 0.3 is 5.97 Å². The van der Waals surface area contributed by atoms with Crippen molar-refractivity contribution >= 4 is 11.9 Å². The van der Waals surface area contributed by atoms with Crippen molar-refractivity contribution in [3.63, 3.8) is 0 Å². The van der Waals surface area contributed by atoms with Crippen molar-refractivity contribution < 1.29 is 19.1 Å². The molecule has 0 bridgehead atoms. The van der Waals surface area contributed by atoms with Crippen molar-refractivity contribution in [1.29, 1.82) is 0 Å². The molecule has 0 radical (unpaired) electrons. The fourth-order valence-electron chi connectivity index (χ4n) is 2.55. The third kappa shape index (κ3) is 2.77. The number of aliphatic carboxylic acids is 1. The summed E-state index contributed by atoms with van der Waals surface area (Å²) in [6.45, 7) is 1.79. The topological polar surface area (TPSA) is 92.4 Å². The lowest BCUT2D eigenvalue weighted by molar-refractivity contribution is -0.150. The first-order valence-corrected chi connectivity index (χ1v) is 6.47. The van der Waals surface area contributed by atoms with E-state index in [1.807, 2.05) is 0 Å². The zero-order valence-electron chi connectivity index (χ0n) is 10.9. The predicted octanol–water partition coefficient (Wildman–Crippen LogP) is 1.75. The molecule has 2 N–H and O–H groups in total. The Kier molecular flexibility index (Phi) is 3.87. The number of amides is 1. The van der Waals surface area contributed by atoms with Crippen LogP contribution in [0.5, 0.6) is 0 Å². The number of carboxylic acid groups (broad SMARTS) is 1. The van der Waals surface area contributed by atoms with E-state index in [0.29, 0.717) is 18.6 Å². The van der Waals surface area contributed by atoms with Gasteiger partial charge in [0.1, 0.15) is 5.76 Å². The summed E-state index contributed by atoms with van der Waals surface area (Å²) in [5, 5.41) is 12.1. The van der Waals surface area contributed by atoms with E-state index < -0.39 is 11.4 Å². The van der Waals surface area contributed by atoms with Crippen LogP contribution >= 0.6 is 0 Å². The average molecular weight is 266 g/mol. The highest BCUT2D eigenvalue weighted by atomic mass is 16.4. The van der Waals surface area contributed by atoms with Gasteiger partial charge in [-0.1, -0.05) is 19.3 Å². The summed E-state index contributed by atoms with van der Waals surface area (Å²) in [6.07, 6.45) is 5.28. The number of carbonyl (C=O) groups excluding carboxylic acids is 1. The quantitative estimate of drug-likeness (QED) is 0.866. The zero-order valence-corrected chi connectivity index (χ0v) is 10.9. The normalized spacial score (nSPS) is 17.9. The maximum Gasteiger partial charge on any atom is 0.311 e. The van der Waals surface area contributed by atoms with E-state index in [1.165, 1.54) is 6.39 Å². The number of hydrogen-bond acceptors (Lipinski definition) is 4. The highest BCUT2D eigenvalue weighted by molar-refractivity contribution is 5.93. The summed E-state index contributed by atoms with van der Waals surface area (Å²) in [4.78, 5) is 27.2. The molecule has 0 aromatic carbocycles. The summed E-state index contributed by atoms with van der Waals surface area (Å²) in [6, 6.07) is 0. The molecule has 0 spiro atoms. The van der Waals surface area contributed by atoms with Crippen LogP contribution in [-0.2, 0) is 4.79 Å². The Bertz CT molecular complexity index is 475. The van der Waals surface area contributed by atoms with Gasteiger partial charge in [0, 0.05) is 6.54 Å². The van der Waals surface area contributed by atoms with Crippen molar-refractivity contribution in [2.75, 3.05) is 6.54 Å². The van der Waals surface area contributed by atoms with Crippen molar-refractivity contribution in [1.82, 2.24) is 10.3 Å². The van der Waals surface area contributed by atoms with Crippen LogP contribution in [0.15, 0.2) is 10.8 Å². The Morgan fingerprint density at radius 3 is 2.63 bits per heavy atom. The van der Waals surface area contributed by atoms with Gasteiger partial charge in [-0.2, -0.15) is 0 Å². The molecular weight excluding hydrogens is 248 g/mol. The highest BCUT2D eigenvalue weighted by Gasteiger charge is 2.40. The van der Waals surface area contributed by atoms with E-state index in [1.54, 1.807) is 6.92 Å². The molecule has 0 atom stereocenters. The van der Waals surface area contributed by atoms with Gasteiger partial charge in [0.05, 0.1) is 5.41 Å². The number of rotatable bonds is 4. The van der Waals surface area contributed by atoms with Crippen molar-refractivity contribution in [2.45, 2.75) is 39.0 Å². The van der Waals surface area contributed by atoms with Crippen LogP contribution in [0.1, 0.15) is 48.4 Å². The summed E-state index contributed by atoms with van der Waals surface area (Å²) in [5.41, 5.74) is -0.609. The molecule has 19 heavy (non-hydrogen) atoms. The van der Waals surface area contributed by atoms with E-state index in [2.05, 4.69) is 10.3 Å². The Morgan fingerprint density at radius 1 is 1.42 bits per heavy atom. The molecule has 0 saturated heterocycles. The van der Waals surface area contributed by atoms with E-state index in [4.69, 9.17) is 4.42 Å². The maximum atomic E-state index is 11.9. The molecule has 0 unspecified atom stereocenters. The SMILES string of the molecule is Cc1ocnc1C(=O)NCC1(C(=O)O)CCCCC1. The third-order valence-corrected chi connectivity index (χ3v) is 3.81. The number of aromatic nitrogens is 1. The molecule has 1 aliphatic rings. The molecular formula is C13H18N2O4. The first-order chi connectivity index (χ1) is 9.05. The fraction of sp³-hybridized carbons (Fsp3) is 0.615. The standard InChI is InChI=1S/C13H18N2O4/c1-9-10(15-8-19-9)11(16)14-7-13(12(17)18)5-3-2-4-6-13/h8H,2-7H2,1H3,(H,14,16)(H,17,18). The van der Waals surface area contributed by atoms with Gasteiger partial charge in [-0.25, -0.2) is 4.98 Å². The Balaban J connectivity index is 2.02. The van der Waals surface area contributed by atoms with Crippen LogP contribution in [0, 0.1) is 12.3 Å². The Morgan fingerprint density at radius 2 is 2.11 bits per heavy atom. The van der Waals surface area contributed by atoms with Crippen molar-refractivity contribution in [2.24, 2.45) is 5.41 Å². The molecule has 0 aliphatic heterocycles. The Hall–Kier alpha value is -1.85. The lowest BCUT2D eigenvalue weighted by Crippen LogP contribution is -2.44. The molecule has 1 heterocycles. The molecule has 2 rings (SSSR count). The second kappa shape index (κ2) is 5.42. The van der Waals surface area contributed by atoms with Crippen LogP contribution in [0.25, 0.3) is 0 Å². The monoisotopic (exact) mass is 266 g/mol. The summed E-state index contributed by atoms with van der Waals surface area (Å²) in [7, 11) is 0. The number of nitrogens with zero attached hydrogens (tertiary/aromatic N) is 1. The minimum Gasteiger partial charge on any atom is -0.481 e. The van der Waals surface area contributed by atoms with Crippen molar-refractivity contribution in [3.05, 3.63) is 17.8 Å². The summed E-state index contributed by atoms with van der Waals surface area (Å²) >= 11 is 0. The number of hydrogen-bond donors (Lipinski definition) is 2. The lowest BCUT2D eigenvalue weighted by Gasteiger charge is -2.33. The largest absolute Gasteiger partial charge is 0.481 e. The minimum atomic E-state index is -0.829. The first kappa shape index (κ1) is 13.6. The van der Waals surface area contributed by atoms with Gasteiger partial charge in [-0.05, 0) is 19.8 Å². The minimum absolute atomic E-state index is 0.146. The van der Waals surface area contributed by atoms with Crippen LogP contribution in [0.4, 0.5) is 0 Å². The average Bonchev–Trinajstić information content (AvgIpc) is 2.83. The molecule has 1 aromatic heterocycles. The number of carbonyl (C=O) groups is 2. The van der Waals surface area contributed by atoms with Gasteiger partial charge in [-0.15, -0.1) is 0 Å². The van der Waals surface area contributed by atoms with E-state index in [0.717, 1.165) is 19.3 Å².